The van der Waals surface area contributed by atoms with Gasteiger partial charge in [-0.1, -0.05) is 0 Å². The van der Waals surface area contributed by atoms with E-state index in [-0.39, 0.29) is 0 Å². The van der Waals surface area contributed by atoms with Crippen molar-refractivity contribution in [2.45, 2.75) is 20.3 Å². The molecule has 1 aliphatic rings. The number of fused-ring (bicyclic) bond motifs is 1. The average Bonchev–Trinajstić information content (AvgIpc) is 2.48. The van der Waals surface area contributed by atoms with Crippen molar-refractivity contribution < 1.29 is 4.74 Å². The normalized spacial score (nSPS) is 14.2. The maximum absolute atomic E-state index is 5.84. The molecule has 1 aromatic carbocycles. The Kier molecular flexibility index (Phi) is 1.50. The summed E-state index contributed by atoms with van der Waals surface area (Å²) >= 11 is 0. The van der Waals surface area contributed by atoms with Gasteiger partial charge in [0.2, 0.25) is 0 Å². The highest BCUT2D eigenvalue weighted by Gasteiger charge is 2.17. The van der Waals surface area contributed by atoms with Crippen LogP contribution in [0.5, 0.6) is 5.75 Å². The lowest BCUT2D eigenvalue weighted by atomic mass is 10.0. The van der Waals surface area contributed by atoms with E-state index < -0.39 is 0 Å². The van der Waals surface area contributed by atoms with Gasteiger partial charge in [-0.15, -0.1) is 0 Å². The van der Waals surface area contributed by atoms with Crippen LogP contribution in [-0.2, 0) is 6.42 Å². The molecule has 1 aromatic rings. The molecule has 1 aliphatic heterocycles. The predicted octanol–water partition coefficient (Wildman–Crippen LogP) is 1.82. The Hall–Kier alpha value is -1.18. The molecule has 0 spiro atoms. The van der Waals surface area contributed by atoms with E-state index in [1.54, 1.807) is 0 Å². The number of rotatable bonds is 0. The molecule has 12 heavy (non-hydrogen) atoms. The minimum atomic E-state index is 0.805. The standard InChI is InChI=1S/C10H13NO/c1-6-7(2)10-8(3-4-12-10)5-9(6)11/h5H,3-4,11H2,1-2H3. The largest absolute Gasteiger partial charge is 0.493 e. The maximum Gasteiger partial charge on any atom is 0.125 e. The molecular weight excluding hydrogens is 150 g/mol. The quantitative estimate of drug-likeness (QED) is 0.592. The fourth-order valence-electron chi connectivity index (χ4n) is 1.64. The Bertz CT molecular complexity index is 331. The van der Waals surface area contributed by atoms with Crippen LogP contribution in [0.3, 0.4) is 0 Å². The van der Waals surface area contributed by atoms with Gasteiger partial charge in [-0.3, -0.25) is 0 Å². The summed E-state index contributed by atoms with van der Waals surface area (Å²) < 4.78 is 5.51. The van der Waals surface area contributed by atoms with Gasteiger partial charge in [0.05, 0.1) is 6.61 Å². The van der Waals surface area contributed by atoms with Crippen LogP contribution >= 0.6 is 0 Å². The van der Waals surface area contributed by atoms with Crippen LogP contribution in [0.15, 0.2) is 6.07 Å². The molecule has 0 saturated heterocycles. The smallest absolute Gasteiger partial charge is 0.125 e. The van der Waals surface area contributed by atoms with Gasteiger partial charge in [-0.2, -0.15) is 0 Å². The average molecular weight is 163 g/mol. The van der Waals surface area contributed by atoms with Crippen LogP contribution in [0, 0.1) is 13.8 Å². The molecule has 0 fully saturated rings. The molecule has 2 heteroatoms. The highest BCUT2D eigenvalue weighted by molar-refractivity contribution is 5.60. The third-order valence-electron chi connectivity index (χ3n) is 2.58. The third kappa shape index (κ3) is 0.876. The van der Waals surface area contributed by atoms with E-state index in [0.29, 0.717) is 0 Å². The number of anilines is 1. The Morgan fingerprint density at radius 1 is 1.33 bits per heavy atom. The third-order valence-corrected chi connectivity index (χ3v) is 2.58. The molecule has 0 atom stereocenters. The fourth-order valence-corrected chi connectivity index (χ4v) is 1.64. The molecule has 2 nitrogen and oxygen atoms in total. The molecule has 0 aliphatic carbocycles. The van der Waals surface area contributed by atoms with Gasteiger partial charge in [0.15, 0.2) is 0 Å². The molecule has 0 saturated carbocycles. The molecule has 1 heterocycles. The van der Waals surface area contributed by atoms with E-state index in [4.69, 9.17) is 10.5 Å². The lowest BCUT2D eigenvalue weighted by Gasteiger charge is -2.09. The highest BCUT2D eigenvalue weighted by atomic mass is 16.5. The zero-order chi connectivity index (χ0) is 8.72. The lowest BCUT2D eigenvalue weighted by Crippen LogP contribution is -1.95. The van der Waals surface area contributed by atoms with E-state index in [1.807, 2.05) is 13.0 Å². The first-order valence-electron chi connectivity index (χ1n) is 4.21. The topological polar surface area (TPSA) is 35.2 Å². The monoisotopic (exact) mass is 163 g/mol. The molecule has 0 bridgehead atoms. The number of nitrogen functional groups attached to an aromatic ring is 1. The maximum atomic E-state index is 5.84. The molecule has 0 aromatic heterocycles. The molecule has 0 radical (unpaired) electrons. The zero-order valence-electron chi connectivity index (χ0n) is 7.48. The summed E-state index contributed by atoms with van der Waals surface area (Å²) in [7, 11) is 0. The van der Waals surface area contributed by atoms with Crippen molar-refractivity contribution in [3.05, 3.63) is 22.8 Å². The van der Waals surface area contributed by atoms with Gasteiger partial charge in [-0.05, 0) is 36.6 Å². The van der Waals surface area contributed by atoms with Crippen LogP contribution in [-0.4, -0.2) is 6.61 Å². The van der Waals surface area contributed by atoms with Gasteiger partial charge in [0.25, 0.3) is 0 Å². The van der Waals surface area contributed by atoms with Crippen LogP contribution in [0.2, 0.25) is 0 Å². The molecule has 64 valence electrons. The van der Waals surface area contributed by atoms with Crippen molar-refractivity contribution in [2.75, 3.05) is 12.3 Å². The van der Waals surface area contributed by atoms with Crippen molar-refractivity contribution >= 4 is 5.69 Å². The Labute approximate surface area is 72.3 Å². The molecule has 2 rings (SSSR count). The first-order chi connectivity index (χ1) is 5.70. The Morgan fingerprint density at radius 3 is 2.83 bits per heavy atom. The van der Waals surface area contributed by atoms with Crippen molar-refractivity contribution in [3.63, 3.8) is 0 Å². The summed E-state index contributed by atoms with van der Waals surface area (Å²) in [5.41, 5.74) is 10.3. The minimum Gasteiger partial charge on any atom is -0.493 e. The van der Waals surface area contributed by atoms with Gasteiger partial charge in [0.1, 0.15) is 5.75 Å². The van der Waals surface area contributed by atoms with Crippen LogP contribution < -0.4 is 10.5 Å². The Balaban J connectivity index is 2.67. The first-order valence-corrected chi connectivity index (χ1v) is 4.21. The van der Waals surface area contributed by atoms with Crippen LogP contribution in [0.1, 0.15) is 16.7 Å². The van der Waals surface area contributed by atoms with Crippen molar-refractivity contribution in [1.29, 1.82) is 0 Å². The number of hydrogen-bond acceptors (Lipinski definition) is 2. The summed E-state index contributed by atoms with van der Waals surface area (Å²) in [6.45, 7) is 4.90. The van der Waals surface area contributed by atoms with E-state index in [9.17, 15) is 0 Å². The number of ether oxygens (including phenoxy) is 1. The first kappa shape index (κ1) is 7.47. The van der Waals surface area contributed by atoms with Gasteiger partial charge in [-0.25, -0.2) is 0 Å². The van der Waals surface area contributed by atoms with E-state index in [0.717, 1.165) is 30.0 Å². The number of benzene rings is 1. The lowest BCUT2D eigenvalue weighted by molar-refractivity contribution is 0.354. The molecule has 0 unspecified atom stereocenters. The number of hydrogen-bond donors (Lipinski definition) is 1. The van der Waals surface area contributed by atoms with Crippen LogP contribution in [0.25, 0.3) is 0 Å². The highest BCUT2D eigenvalue weighted by Crippen LogP contribution is 2.34. The second-order valence-electron chi connectivity index (χ2n) is 3.30. The summed E-state index contributed by atoms with van der Waals surface area (Å²) in [6.07, 6.45) is 1.00. The molecule has 2 N–H and O–H groups in total. The van der Waals surface area contributed by atoms with E-state index in [2.05, 4.69) is 6.92 Å². The summed E-state index contributed by atoms with van der Waals surface area (Å²) in [6, 6.07) is 2.03. The van der Waals surface area contributed by atoms with Gasteiger partial charge < -0.3 is 10.5 Å². The summed E-state index contributed by atoms with van der Waals surface area (Å²) in [4.78, 5) is 0. The second kappa shape index (κ2) is 2.41. The summed E-state index contributed by atoms with van der Waals surface area (Å²) in [5.74, 6) is 1.06. The predicted molar refractivity (Wildman–Crippen MR) is 49.5 cm³/mol. The zero-order valence-corrected chi connectivity index (χ0v) is 7.48. The minimum absolute atomic E-state index is 0.805. The summed E-state index contributed by atoms with van der Waals surface area (Å²) in [5, 5.41) is 0. The van der Waals surface area contributed by atoms with Crippen molar-refractivity contribution in [1.82, 2.24) is 0 Å². The van der Waals surface area contributed by atoms with E-state index in [1.165, 1.54) is 11.1 Å². The molecular formula is C10H13NO. The van der Waals surface area contributed by atoms with Gasteiger partial charge in [0, 0.05) is 12.1 Å². The van der Waals surface area contributed by atoms with Crippen molar-refractivity contribution in [2.24, 2.45) is 0 Å². The Morgan fingerprint density at radius 2 is 2.08 bits per heavy atom. The van der Waals surface area contributed by atoms with Crippen molar-refractivity contribution in [3.8, 4) is 5.75 Å². The van der Waals surface area contributed by atoms with Crippen LogP contribution in [0.4, 0.5) is 5.69 Å². The fraction of sp³-hybridized carbons (Fsp3) is 0.400. The molecule has 0 amide bonds. The van der Waals surface area contributed by atoms with E-state index >= 15 is 0 Å². The van der Waals surface area contributed by atoms with Gasteiger partial charge >= 0.3 is 0 Å². The second-order valence-corrected chi connectivity index (χ2v) is 3.30. The number of nitrogens with two attached hydrogens (primary N) is 1. The SMILES string of the molecule is Cc1c(N)cc2c(c1C)OCC2.